The predicted molar refractivity (Wildman–Crippen MR) is 73.2 cm³/mol. The Morgan fingerprint density at radius 3 is 2.67 bits per heavy atom. The highest BCUT2D eigenvalue weighted by atomic mass is 16.4. The van der Waals surface area contributed by atoms with Crippen LogP contribution in [0.2, 0.25) is 0 Å². The van der Waals surface area contributed by atoms with E-state index < -0.39 is 0 Å². The van der Waals surface area contributed by atoms with Crippen molar-refractivity contribution in [1.29, 1.82) is 0 Å². The predicted octanol–water partition coefficient (Wildman–Crippen LogP) is 1.38. The lowest BCUT2D eigenvalue weighted by atomic mass is 10.1. The van der Waals surface area contributed by atoms with Gasteiger partial charge in [-0.1, -0.05) is 30.6 Å². The van der Waals surface area contributed by atoms with Gasteiger partial charge in [-0.2, -0.15) is 0 Å². The summed E-state index contributed by atoms with van der Waals surface area (Å²) in [4.78, 5) is 2.05. The van der Waals surface area contributed by atoms with Crippen LogP contribution in [0.15, 0.2) is 29.4 Å². The van der Waals surface area contributed by atoms with Crippen LogP contribution in [0.5, 0.6) is 0 Å². The van der Waals surface area contributed by atoms with E-state index in [0.717, 1.165) is 25.1 Å². The van der Waals surface area contributed by atoms with Crippen LogP contribution < -0.4 is 10.6 Å². The number of aliphatic hydroxyl groups is 1. The number of aliphatic hydroxyl groups excluding tert-OH is 1. The van der Waals surface area contributed by atoms with Crippen molar-refractivity contribution in [2.45, 2.75) is 19.8 Å². The van der Waals surface area contributed by atoms with E-state index in [1.165, 1.54) is 0 Å². The second-order valence-corrected chi connectivity index (χ2v) is 4.07. The molecular weight excluding hydrogens is 230 g/mol. The Morgan fingerprint density at radius 2 is 2.06 bits per heavy atom. The Kier molecular flexibility index (Phi) is 6.00. The number of benzene rings is 1. The average Bonchev–Trinajstić information content (AvgIpc) is 2.42. The van der Waals surface area contributed by atoms with Crippen molar-refractivity contribution >= 4 is 11.5 Å². The van der Waals surface area contributed by atoms with Crippen LogP contribution in [-0.4, -0.2) is 35.8 Å². The molecule has 1 aromatic carbocycles. The number of hydrogen-bond acceptors (Lipinski definition) is 4. The van der Waals surface area contributed by atoms with E-state index in [9.17, 15) is 0 Å². The minimum absolute atomic E-state index is 0.0776. The first kappa shape index (κ1) is 14.3. The van der Waals surface area contributed by atoms with Crippen molar-refractivity contribution in [2.75, 3.05) is 24.6 Å². The number of amidine groups is 1. The summed E-state index contributed by atoms with van der Waals surface area (Å²) in [6.45, 7) is 3.57. The standard InChI is InChI=1S/C13H21N3O2/c1-2-3-8-16(9-10-17)12-7-5-4-6-11(12)13(14)15-18/h4-7,17-18H,2-3,8-10H2,1H3,(H2,14,15). The summed E-state index contributed by atoms with van der Waals surface area (Å²) in [5, 5.41) is 21.0. The number of rotatable bonds is 7. The minimum atomic E-state index is 0.0776. The first-order valence-electron chi connectivity index (χ1n) is 6.17. The van der Waals surface area contributed by atoms with Crippen LogP contribution in [0, 0.1) is 0 Å². The molecule has 0 saturated carbocycles. The van der Waals surface area contributed by atoms with Crippen molar-refractivity contribution < 1.29 is 10.3 Å². The van der Waals surface area contributed by atoms with E-state index in [4.69, 9.17) is 16.0 Å². The van der Waals surface area contributed by atoms with E-state index in [1.807, 2.05) is 18.2 Å². The normalized spacial score (nSPS) is 11.6. The van der Waals surface area contributed by atoms with Crippen molar-refractivity contribution in [1.82, 2.24) is 0 Å². The van der Waals surface area contributed by atoms with Gasteiger partial charge in [0.1, 0.15) is 0 Å². The second-order valence-electron chi connectivity index (χ2n) is 4.07. The SMILES string of the molecule is CCCCN(CCO)c1ccccc1/C(N)=N/O. The molecule has 18 heavy (non-hydrogen) atoms. The van der Waals surface area contributed by atoms with Crippen LogP contribution in [0.4, 0.5) is 5.69 Å². The Hall–Kier alpha value is -1.75. The number of nitrogens with zero attached hydrogens (tertiary/aromatic N) is 2. The largest absolute Gasteiger partial charge is 0.409 e. The van der Waals surface area contributed by atoms with Crippen LogP contribution in [-0.2, 0) is 0 Å². The molecule has 0 aliphatic carbocycles. The molecule has 0 aromatic heterocycles. The van der Waals surface area contributed by atoms with Gasteiger partial charge in [-0.3, -0.25) is 0 Å². The van der Waals surface area contributed by atoms with Gasteiger partial charge in [0, 0.05) is 24.3 Å². The van der Waals surface area contributed by atoms with E-state index in [0.29, 0.717) is 12.1 Å². The molecule has 5 nitrogen and oxygen atoms in total. The van der Waals surface area contributed by atoms with Crippen molar-refractivity contribution in [3.8, 4) is 0 Å². The molecule has 0 aliphatic heterocycles. The molecule has 0 heterocycles. The zero-order valence-electron chi connectivity index (χ0n) is 10.7. The van der Waals surface area contributed by atoms with Gasteiger partial charge in [0.2, 0.25) is 0 Å². The van der Waals surface area contributed by atoms with Gasteiger partial charge in [-0.15, -0.1) is 0 Å². The molecule has 0 aliphatic rings. The molecule has 0 saturated heterocycles. The molecule has 0 bridgehead atoms. The summed E-state index contributed by atoms with van der Waals surface area (Å²) in [6.07, 6.45) is 2.11. The van der Waals surface area contributed by atoms with E-state index in [2.05, 4.69) is 17.0 Å². The number of hydrogen-bond donors (Lipinski definition) is 3. The van der Waals surface area contributed by atoms with Gasteiger partial charge in [0.05, 0.1) is 6.61 Å². The zero-order chi connectivity index (χ0) is 13.4. The zero-order valence-corrected chi connectivity index (χ0v) is 10.7. The van der Waals surface area contributed by atoms with Gasteiger partial charge in [-0.05, 0) is 18.6 Å². The Bertz CT molecular complexity index is 394. The average molecular weight is 251 g/mol. The lowest BCUT2D eigenvalue weighted by Gasteiger charge is -2.26. The summed E-state index contributed by atoms with van der Waals surface area (Å²) in [5.74, 6) is 0.0880. The monoisotopic (exact) mass is 251 g/mol. The molecule has 0 atom stereocenters. The van der Waals surface area contributed by atoms with Crippen LogP contribution in [0.1, 0.15) is 25.3 Å². The van der Waals surface area contributed by atoms with Gasteiger partial charge in [-0.25, -0.2) is 0 Å². The topological polar surface area (TPSA) is 82.1 Å². The van der Waals surface area contributed by atoms with Crippen LogP contribution in [0.25, 0.3) is 0 Å². The fourth-order valence-corrected chi connectivity index (χ4v) is 1.84. The Balaban J connectivity index is 3.02. The molecule has 100 valence electrons. The molecule has 0 radical (unpaired) electrons. The number of nitrogens with two attached hydrogens (primary N) is 1. The first-order chi connectivity index (χ1) is 8.74. The minimum Gasteiger partial charge on any atom is -0.409 e. The van der Waals surface area contributed by atoms with Gasteiger partial charge in [0.15, 0.2) is 5.84 Å². The molecular formula is C13H21N3O2. The lowest BCUT2D eigenvalue weighted by molar-refractivity contribution is 0.301. The fraction of sp³-hybridized carbons (Fsp3) is 0.462. The van der Waals surface area contributed by atoms with Crippen LogP contribution >= 0.6 is 0 Å². The maximum Gasteiger partial charge on any atom is 0.172 e. The number of oxime groups is 1. The molecule has 4 N–H and O–H groups in total. The summed E-state index contributed by atoms with van der Waals surface area (Å²) in [7, 11) is 0. The molecule has 0 fully saturated rings. The summed E-state index contributed by atoms with van der Waals surface area (Å²) in [6, 6.07) is 7.47. The maximum absolute atomic E-state index is 9.13. The van der Waals surface area contributed by atoms with E-state index in [-0.39, 0.29) is 12.4 Å². The third-order valence-electron chi connectivity index (χ3n) is 2.78. The number of unbranched alkanes of at least 4 members (excludes halogenated alkanes) is 1. The third kappa shape index (κ3) is 3.63. The first-order valence-corrected chi connectivity index (χ1v) is 6.17. The highest BCUT2D eigenvalue weighted by Crippen LogP contribution is 2.20. The van der Waals surface area contributed by atoms with E-state index >= 15 is 0 Å². The van der Waals surface area contributed by atoms with Crippen LogP contribution in [0.3, 0.4) is 0 Å². The molecule has 0 spiro atoms. The number of anilines is 1. The quantitative estimate of drug-likeness (QED) is 0.296. The molecule has 5 heteroatoms. The summed E-state index contributed by atoms with van der Waals surface area (Å²) >= 11 is 0. The second kappa shape index (κ2) is 7.55. The van der Waals surface area contributed by atoms with Crippen molar-refractivity contribution in [3.05, 3.63) is 29.8 Å². The fourth-order valence-electron chi connectivity index (χ4n) is 1.84. The third-order valence-corrected chi connectivity index (χ3v) is 2.78. The van der Waals surface area contributed by atoms with Crippen molar-refractivity contribution in [2.24, 2.45) is 10.9 Å². The maximum atomic E-state index is 9.13. The summed E-state index contributed by atoms with van der Waals surface area (Å²) < 4.78 is 0. The molecule has 1 rings (SSSR count). The molecule has 1 aromatic rings. The molecule has 0 unspecified atom stereocenters. The van der Waals surface area contributed by atoms with Gasteiger partial charge >= 0.3 is 0 Å². The van der Waals surface area contributed by atoms with Gasteiger partial charge < -0.3 is 20.9 Å². The van der Waals surface area contributed by atoms with Crippen molar-refractivity contribution in [3.63, 3.8) is 0 Å². The Labute approximate surface area is 108 Å². The summed E-state index contributed by atoms with van der Waals surface area (Å²) in [5.41, 5.74) is 7.24. The number of para-hydroxylation sites is 1. The highest BCUT2D eigenvalue weighted by Gasteiger charge is 2.12. The Morgan fingerprint density at radius 1 is 1.33 bits per heavy atom. The van der Waals surface area contributed by atoms with Gasteiger partial charge in [0.25, 0.3) is 0 Å². The van der Waals surface area contributed by atoms with E-state index in [1.54, 1.807) is 6.07 Å². The lowest BCUT2D eigenvalue weighted by Crippen LogP contribution is -2.30. The highest BCUT2D eigenvalue weighted by molar-refractivity contribution is 6.02. The smallest absolute Gasteiger partial charge is 0.172 e. The molecule has 0 amide bonds.